The summed E-state index contributed by atoms with van der Waals surface area (Å²) in [6.07, 6.45) is 0. The van der Waals surface area contributed by atoms with Crippen molar-refractivity contribution >= 4 is 11.5 Å². The predicted octanol–water partition coefficient (Wildman–Crippen LogP) is 2.94. The summed E-state index contributed by atoms with van der Waals surface area (Å²) in [4.78, 5) is 14.8. The minimum Gasteiger partial charge on any atom is -0.356 e. The maximum Gasteiger partial charge on any atom is 0.290 e. The number of nitro groups is 1. The smallest absolute Gasteiger partial charge is 0.290 e. The van der Waals surface area contributed by atoms with Gasteiger partial charge in [0.1, 0.15) is 23.4 Å². The average Bonchev–Trinajstić information content (AvgIpc) is 2.92. The van der Waals surface area contributed by atoms with Crippen LogP contribution in [0.15, 0.2) is 42.5 Å². The molecule has 0 saturated heterocycles. The van der Waals surface area contributed by atoms with Crippen LogP contribution in [-0.4, -0.2) is 24.7 Å². The molecular formula is C17H18N6O2. The van der Waals surface area contributed by atoms with Crippen LogP contribution >= 0.6 is 0 Å². The molecule has 25 heavy (non-hydrogen) atoms. The molecule has 3 aromatic rings. The molecular weight excluding hydrogens is 320 g/mol. The van der Waals surface area contributed by atoms with Crippen molar-refractivity contribution in [3.8, 4) is 0 Å². The van der Waals surface area contributed by atoms with Gasteiger partial charge in [0.2, 0.25) is 0 Å². The Morgan fingerprint density at radius 2 is 1.84 bits per heavy atom. The summed E-state index contributed by atoms with van der Waals surface area (Å²) in [6, 6.07) is 12.6. The Morgan fingerprint density at radius 1 is 1.12 bits per heavy atom. The van der Waals surface area contributed by atoms with E-state index >= 15 is 0 Å². The fraction of sp³-hybridized carbons (Fsp3) is 0.235. The second-order valence-electron chi connectivity index (χ2n) is 5.71. The summed E-state index contributed by atoms with van der Waals surface area (Å²) in [6.45, 7) is 3.50. The van der Waals surface area contributed by atoms with Gasteiger partial charge in [-0.15, -0.1) is 10.2 Å². The molecule has 8 nitrogen and oxygen atoms in total. The van der Waals surface area contributed by atoms with Gasteiger partial charge in [0, 0.05) is 13.1 Å². The number of benzene rings is 1. The number of pyridine rings is 1. The van der Waals surface area contributed by atoms with Gasteiger partial charge in [-0.1, -0.05) is 30.3 Å². The fourth-order valence-corrected chi connectivity index (χ4v) is 2.59. The summed E-state index contributed by atoms with van der Waals surface area (Å²) in [7, 11) is 1.90. The van der Waals surface area contributed by atoms with E-state index < -0.39 is 4.92 Å². The largest absolute Gasteiger partial charge is 0.356 e. The first-order valence-corrected chi connectivity index (χ1v) is 7.77. The first-order valence-electron chi connectivity index (χ1n) is 7.77. The third-order valence-corrected chi connectivity index (χ3v) is 4.06. The van der Waals surface area contributed by atoms with E-state index in [0.29, 0.717) is 11.5 Å². The van der Waals surface area contributed by atoms with E-state index in [2.05, 4.69) is 20.5 Å². The van der Waals surface area contributed by atoms with Gasteiger partial charge in [0.05, 0.1) is 4.92 Å². The molecule has 1 aromatic carbocycles. The Balaban J connectivity index is 2.00. The Labute approximate surface area is 144 Å². The molecule has 2 aromatic heterocycles. The predicted molar refractivity (Wildman–Crippen MR) is 93.3 cm³/mol. The highest BCUT2D eigenvalue weighted by Gasteiger charge is 2.21. The highest BCUT2D eigenvalue weighted by atomic mass is 16.6. The number of hydrogen-bond donors (Lipinski definition) is 1. The molecule has 0 fully saturated rings. The van der Waals surface area contributed by atoms with Gasteiger partial charge >= 0.3 is 0 Å². The van der Waals surface area contributed by atoms with Crippen LogP contribution in [0.1, 0.15) is 28.9 Å². The lowest BCUT2D eigenvalue weighted by Crippen LogP contribution is -2.18. The first-order chi connectivity index (χ1) is 12.0. The number of rotatable bonds is 5. The van der Waals surface area contributed by atoms with E-state index in [-0.39, 0.29) is 11.7 Å². The van der Waals surface area contributed by atoms with Crippen molar-refractivity contribution in [2.24, 2.45) is 7.05 Å². The Bertz CT molecular complexity index is 907. The van der Waals surface area contributed by atoms with E-state index in [9.17, 15) is 10.1 Å². The van der Waals surface area contributed by atoms with Crippen LogP contribution in [0.25, 0.3) is 0 Å². The van der Waals surface area contributed by atoms with Crippen LogP contribution in [0.5, 0.6) is 0 Å². The van der Waals surface area contributed by atoms with Gasteiger partial charge in [0.15, 0.2) is 5.82 Å². The van der Waals surface area contributed by atoms with E-state index in [1.807, 2.05) is 48.9 Å². The van der Waals surface area contributed by atoms with Crippen LogP contribution in [0, 0.1) is 24.0 Å². The highest BCUT2D eigenvalue weighted by molar-refractivity contribution is 5.47. The van der Waals surface area contributed by atoms with Gasteiger partial charge in [-0.2, -0.15) is 0 Å². The minimum absolute atomic E-state index is 0.00341. The van der Waals surface area contributed by atoms with E-state index in [4.69, 9.17) is 0 Å². The molecule has 0 amide bonds. The summed E-state index contributed by atoms with van der Waals surface area (Å²) < 4.78 is 1.91. The number of aromatic nitrogens is 4. The fourth-order valence-electron chi connectivity index (χ4n) is 2.59. The van der Waals surface area contributed by atoms with Crippen LogP contribution in [0.3, 0.4) is 0 Å². The van der Waals surface area contributed by atoms with Crippen LogP contribution in [-0.2, 0) is 7.05 Å². The van der Waals surface area contributed by atoms with Gasteiger partial charge in [-0.25, -0.2) is 4.98 Å². The van der Waals surface area contributed by atoms with Crippen LogP contribution in [0.4, 0.5) is 11.5 Å². The monoisotopic (exact) mass is 338 g/mol. The minimum atomic E-state index is -0.438. The van der Waals surface area contributed by atoms with Crippen molar-refractivity contribution in [1.82, 2.24) is 19.7 Å². The summed E-state index contributed by atoms with van der Waals surface area (Å²) in [5.41, 5.74) is 1.35. The molecule has 0 bridgehead atoms. The van der Waals surface area contributed by atoms with E-state index in [1.165, 1.54) is 6.07 Å². The second-order valence-corrected chi connectivity index (χ2v) is 5.71. The third kappa shape index (κ3) is 3.32. The normalized spacial score (nSPS) is 12.0. The van der Waals surface area contributed by atoms with Crippen LogP contribution < -0.4 is 5.32 Å². The van der Waals surface area contributed by atoms with Crippen molar-refractivity contribution in [3.63, 3.8) is 0 Å². The molecule has 1 unspecified atom stereocenters. The van der Waals surface area contributed by atoms with Crippen molar-refractivity contribution in [2.75, 3.05) is 5.32 Å². The lowest BCUT2D eigenvalue weighted by molar-refractivity contribution is -0.385. The molecule has 0 saturated carbocycles. The summed E-state index contributed by atoms with van der Waals surface area (Å²) in [5.74, 6) is 2.07. The zero-order valence-electron chi connectivity index (χ0n) is 14.2. The molecule has 128 valence electrons. The molecule has 0 radical (unpaired) electrons. The van der Waals surface area contributed by atoms with Gasteiger partial charge < -0.3 is 9.88 Å². The average molecular weight is 338 g/mol. The lowest BCUT2D eigenvalue weighted by Gasteiger charge is -2.19. The van der Waals surface area contributed by atoms with Crippen LogP contribution in [0.2, 0.25) is 0 Å². The van der Waals surface area contributed by atoms with Crippen molar-refractivity contribution < 1.29 is 4.92 Å². The van der Waals surface area contributed by atoms with E-state index in [1.54, 1.807) is 13.0 Å². The number of anilines is 1. The molecule has 0 aliphatic rings. The zero-order chi connectivity index (χ0) is 18.0. The molecule has 1 atom stereocenters. The molecule has 0 aliphatic carbocycles. The SMILES string of the molecule is Cc1nc(NC(c2ccccc2)c2nnc(C)n2C)ccc1[N+](=O)[O-]. The molecule has 3 rings (SSSR count). The third-order valence-electron chi connectivity index (χ3n) is 4.06. The quantitative estimate of drug-likeness (QED) is 0.567. The van der Waals surface area contributed by atoms with E-state index in [0.717, 1.165) is 17.2 Å². The molecule has 2 heterocycles. The van der Waals surface area contributed by atoms with Gasteiger partial charge in [-0.3, -0.25) is 10.1 Å². The Hall–Kier alpha value is -3.29. The highest BCUT2D eigenvalue weighted by Crippen LogP contribution is 2.26. The van der Waals surface area contributed by atoms with Crippen molar-refractivity contribution in [1.29, 1.82) is 0 Å². The number of hydrogen-bond acceptors (Lipinski definition) is 6. The Morgan fingerprint density at radius 3 is 2.40 bits per heavy atom. The van der Waals surface area contributed by atoms with Gasteiger partial charge in [-0.05, 0) is 25.5 Å². The zero-order valence-corrected chi connectivity index (χ0v) is 14.2. The molecule has 0 aliphatic heterocycles. The second kappa shape index (κ2) is 6.68. The van der Waals surface area contributed by atoms with Crippen molar-refractivity contribution in [3.05, 3.63) is 75.5 Å². The Kier molecular flexibility index (Phi) is 4.42. The molecule has 0 spiro atoms. The molecule has 8 heteroatoms. The number of aryl methyl sites for hydroxylation is 2. The van der Waals surface area contributed by atoms with Gasteiger partial charge in [0.25, 0.3) is 5.69 Å². The standard InChI is InChI=1S/C17H18N6O2/c1-11-14(23(24)25)9-10-15(18-11)19-16(13-7-5-4-6-8-13)17-21-20-12(2)22(17)3/h4-10,16H,1-3H3,(H,18,19). The topological polar surface area (TPSA) is 98.8 Å². The summed E-state index contributed by atoms with van der Waals surface area (Å²) in [5, 5.41) is 22.7. The number of nitrogens with zero attached hydrogens (tertiary/aromatic N) is 5. The maximum atomic E-state index is 11.0. The first kappa shape index (κ1) is 16.6. The lowest BCUT2D eigenvalue weighted by atomic mass is 10.1. The number of nitrogens with one attached hydrogen (secondary N) is 1. The molecule has 1 N–H and O–H groups in total. The van der Waals surface area contributed by atoms with Crippen molar-refractivity contribution in [2.45, 2.75) is 19.9 Å². The summed E-state index contributed by atoms with van der Waals surface area (Å²) >= 11 is 0. The maximum absolute atomic E-state index is 11.0.